The van der Waals surface area contributed by atoms with Crippen molar-refractivity contribution in [3.8, 4) is 0 Å². The van der Waals surface area contributed by atoms with Crippen molar-refractivity contribution in [1.29, 1.82) is 0 Å². The quantitative estimate of drug-likeness (QED) is 0.671. The van der Waals surface area contributed by atoms with Gasteiger partial charge in [-0.05, 0) is 6.92 Å². The van der Waals surface area contributed by atoms with E-state index in [1.165, 1.54) is 0 Å². The Kier molecular flexibility index (Phi) is 5.86. The van der Waals surface area contributed by atoms with Gasteiger partial charge in [-0.2, -0.15) is 0 Å². The van der Waals surface area contributed by atoms with E-state index >= 15 is 0 Å². The average Bonchev–Trinajstić information content (AvgIpc) is 1.95. The van der Waals surface area contributed by atoms with Crippen LogP contribution in [0.2, 0.25) is 0 Å². The number of rotatable bonds is 2. The second kappa shape index (κ2) is 5.77. The molecule has 0 aliphatic carbocycles. The summed E-state index contributed by atoms with van der Waals surface area (Å²) < 4.78 is 10.4. The highest BCUT2D eigenvalue weighted by atomic mass is 35.5. The van der Waals surface area contributed by atoms with Gasteiger partial charge < -0.3 is 14.8 Å². The molecule has 1 fully saturated rings. The molecule has 0 bridgehead atoms. The van der Waals surface area contributed by atoms with Crippen LogP contribution in [0.4, 0.5) is 0 Å². The lowest BCUT2D eigenvalue weighted by atomic mass is 10.2. The van der Waals surface area contributed by atoms with Gasteiger partial charge in [0.1, 0.15) is 0 Å². The number of morpholine rings is 1. The number of methoxy groups -OCH3 is 1. The van der Waals surface area contributed by atoms with E-state index in [1.807, 2.05) is 0 Å². The normalized spacial score (nSPS) is 31.1. The van der Waals surface area contributed by atoms with Crippen LogP contribution in [0.25, 0.3) is 0 Å². The number of nitrogens with one attached hydrogen (secondary N) is 1. The molecular formula is C7H16ClNO2. The van der Waals surface area contributed by atoms with E-state index in [2.05, 4.69) is 12.2 Å². The highest BCUT2D eigenvalue weighted by Gasteiger charge is 2.16. The van der Waals surface area contributed by atoms with Crippen LogP contribution in [0, 0.1) is 0 Å². The van der Waals surface area contributed by atoms with E-state index in [0.29, 0.717) is 12.6 Å². The molecule has 0 spiro atoms. The highest BCUT2D eigenvalue weighted by molar-refractivity contribution is 5.85. The Balaban J connectivity index is 0.000001000. The molecule has 1 N–H and O–H groups in total. The van der Waals surface area contributed by atoms with E-state index in [-0.39, 0.29) is 18.5 Å². The minimum absolute atomic E-state index is 0. The molecule has 0 amide bonds. The van der Waals surface area contributed by atoms with Crippen LogP contribution < -0.4 is 5.32 Å². The zero-order chi connectivity index (χ0) is 7.40. The van der Waals surface area contributed by atoms with Crippen molar-refractivity contribution >= 4 is 12.4 Å². The summed E-state index contributed by atoms with van der Waals surface area (Å²) in [5, 5.41) is 3.31. The van der Waals surface area contributed by atoms with Gasteiger partial charge in [-0.15, -0.1) is 12.4 Å². The van der Waals surface area contributed by atoms with Crippen LogP contribution in [-0.4, -0.2) is 39.0 Å². The fraction of sp³-hybridized carbons (Fsp3) is 1.00. The first-order valence-electron chi connectivity index (χ1n) is 3.67. The number of hydrogen-bond acceptors (Lipinski definition) is 3. The van der Waals surface area contributed by atoms with Gasteiger partial charge >= 0.3 is 0 Å². The van der Waals surface area contributed by atoms with Crippen molar-refractivity contribution in [2.45, 2.75) is 19.1 Å². The molecule has 0 saturated carbocycles. The molecular weight excluding hydrogens is 166 g/mol. The smallest absolute Gasteiger partial charge is 0.0933 e. The molecule has 3 nitrogen and oxygen atoms in total. The molecule has 1 rings (SSSR count). The predicted octanol–water partition coefficient (Wildman–Crippen LogP) is 0.432. The fourth-order valence-corrected chi connectivity index (χ4v) is 1.02. The van der Waals surface area contributed by atoms with E-state index in [9.17, 15) is 0 Å². The van der Waals surface area contributed by atoms with Gasteiger partial charge in [-0.25, -0.2) is 0 Å². The predicted molar refractivity (Wildman–Crippen MR) is 46.3 cm³/mol. The first-order chi connectivity index (χ1) is 4.83. The van der Waals surface area contributed by atoms with Gasteiger partial charge in [0.2, 0.25) is 0 Å². The molecule has 1 saturated heterocycles. The minimum atomic E-state index is 0. The SMILES string of the molecule is COC[C@H]1CNC(C)CO1.Cl. The zero-order valence-electron chi connectivity index (χ0n) is 7.00. The summed E-state index contributed by atoms with van der Waals surface area (Å²) in [6, 6.07) is 0.494. The zero-order valence-corrected chi connectivity index (χ0v) is 7.82. The number of halogens is 1. The van der Waals surface area contributed by atoms with E-state index in [1.54, 1.807) is 7.11 Å². The van der Waals surface area contributed by atoms with Gasteiger partial charge in [0.25, 0.3) is 0 Å². The maximum absolute atomic E-state index is 5.44. The summed E-state index contributed by atoms with van der Waals surface area (Å²) in [5.41, 5.74) is 0. The van der Waals surface area contributed by atoms with Crippen molar-refractivity contribution in [2.75, 3.05) is 26.9 Å². The van der Waals surface area contributed by atoms with Gasteiger partial charge in [-0.1, -0.05) is 0 Å². The third kappa shape index (κ3) is 3.91. The molecule has 1 unspecified atom stereocenters. The Labute approximate surface area is 73.9 Å². The molecule has 11 heavy (non-hydrogen) atoms. The molecule has 0 aromatic heterocycles. The van der Waals surface area contributed by atoms with Crippen molar-refractivity contribution < 1.29 is 9.47 Å². The second-order valence-corrected chi connectivity index (χ2v) is 2.72. The van der Waals surface area contributed by atoms with Crippen LogP contribution in [0.5, 0.6) is 0 Å². The Morgan fingerprint density at radius 3 is 2.82 bits per heavy atom. The molecule has 2 atom stereocenters. The summed E-state index contributed by atoms with van der Waals surface area (Å²) in [6.07, 6.45) is 0.251. The topological polar surface area (TPSA) is 30.5 Å². The standard InChI is InChI=1S/C7H15NO2.ClH/c1-6-4-10-7(3-8-6)5-9-2;/h6-8H,3-5H2,1-2H3;1H/t6?,7-;/m1./s1. The highest BCUT2D eigenvalue weighted by Crippen LogP contribution is 1.99. The summed E-state index contributed by atoms with van der Waals surface area (Å²) in [5.74, 6) is 0. The van der Waals surface area contributed by atoms with Gasteiger partial charge in [-0.3, -0.25) is 0 Å². The third-order valence-electron chi connectivity index (χ3n) is 1.63. The summed E-state index contributed by atoms with van der Waals surface area (Å²) in [4.78, 5) is 0. The fourth-order valence-electron chi connectivity index (χ4n) is 1.02. The lowest BCUT2D eigenvalue weighted by molar-refractivity contribution is -0.0330. The maximum atomic E-state index is 5.44. The monoisotopic (exact) mass is 181 g/mol. The summed E-state index contributed by atoms with van der Waals surface area (Å²) in [6.45, 7) is 4.52. The molecule has 0 aromatic rings. The lowest BCUT2D eigenvalue weighted by Crippen LogP contribution is -2.46. The molecule has 1 aliphatic rings. The second-order valence-electron chi connectivity index (χ2n) is 2.72. The van der Waals surface area contributed by atoms with Crippen molar-refractivity contribution in [2.24, 2.45) is 0 Å². The summed E-state index contributed by atoms with van der Waals surface area (Å²) in [7, 11) is 1.70. The Hall–Kier alpha value is 0.170. The molecule has 4 heteroatoms. The van der Waals surface area contributed by atoms with Crippen LogP contribution in [0.1, 0.15) is 6.92 Å². The van der Waals surface area contributed by atoms with E-state index in [4.69, 9.17) is 9.47 Å². The number of ether oxygens (including phenoxy) is 2. The van der Waals surface area contributed by atoms with Crippen LogP contribution in [0.15, 0.2) is 0 Å². The van der Waals surface area contributed by atoms with Crippen LogP contribution >= 0.6 is 12.4 Å². The molecule has 0 radical (unpaired) electrons. The van der Waals surface area contributed by atoms with Crippen molar-refractivity contribution in [3.63, 3.8) is 0 Å². The van der Waals surface area contributed by atoms with E-state index < -0.39 is 0 Å². The summed E-state index contributed by atoms with van der Waals surface area (Å²) >= 11 is 0. The Bertz CT molecular complexity index is 94.4. The van der Waals surface area contributed by atoms with Crippen molar-refractivity contribution in [3.05, 3.63) is 0 Å². The van der Waals surface area contributed by atoms with Gasteiger partial charge in [0.05, 0.1) is 19.3 Å². The Morgan fingerprint density at radius 1 is 1.64 bits per heavy atom. The van der Waals surface area contributed by atoms with Crippen LogP contribution in [0.3, 0.4) is 0 Å². The third-order valence-corrected chi connectivity index (χ3v) is 1.63. The minimum Gasteiger partial charge on any atom is -0.382 e. The molecule has 68 valence electrons. The molecule has 1 aliphatic heterocycles. The Morgan fingerprint density at radius 2 is 2.36 bits per heavy atom. The lowest BCUT2D eigenvalue weighted by Gasteiger charge is -2.27. The average molecular weight is 182 g/mol. The molecule has 0 aromatic carbocycles. The maximum Gasteiger partial charge on any atom is 0.0933 e. The van der Waals surface area contributed by atoms with Crippen LogP contribution in [-0.2, 0) is 9.47 Å². The number of hydrogen-bond donors (Lipinski definition) is 1. The van der Waals surface area contributed by atoms with Gasteiger partial charge in [0, 0.05) is 19.7 Å². The largest absolute Gasteiger partial charge is 0.382 e. The van der Waals surface area contributed by atoms with E-state index in [0.717, 1.165) is 13.2 Å². The van der Waals surface area contributed by atoms with Crippen molar-refractivity contribution in [1.82, 2.24) is 5.32 Å². The van der Waals surface area contributed by atoms with Gasteiger partial charge in [0.15, 0.2) is 0 Å². The first kappa shape index (κ1) is 11.2. The first-order valence-corrected chi connectivity index (χ1v) is 3.67. The molecule has 1 heterocycles.